The van der Waals surface area contributed by atoms with E-state index in [9.17, 15) is 4.39 Å². The van der Waals surface area contributed by atoms with Gasteiger partial charge in [0.1, 0.15) is 5.82 Å². The Balaban J connectivity index is 2.33. The maximum absolute atomic E-state index is 13.4. The number of hydrogen-bond acceptors (Lipinski definition) is 2. The lowest BCUT2D eigenvalue weighted by molar-refractivity contribution is 0.617. The Bertz CT molecular complexity index is 525. The van der Waals surface area contributed by atoms with E-state index in [0.29, 0.717) is 4.47 Å². The minimum atomic E-state index is -0.356. The van der Waals surface area contributed by atoms with Crippen molar-refractivity contribution in [1.29, 1.82) is 0 Å². The van der Waals surface area contributed by atoms with Gasteiger partial charge in [0, 0.05) is 11.9 Å². The number of aromatic nitrogens is 1. The van der Waals surface area contributed by atoms with E-state index < -0.39 is 0 Å². The van der Waals surface area contributed by atoms with E-state index in [0.717, 1.165) is 16.8 Å². The highest BCUT2D eigenvalue weighted by atomic mass is 79.9. The van der Waals surface area contributed by atoms with Gasteiger partial charge in [-0.1, -0.05) is 12.1 Å². The SMILES string of the molecule is Cc1ccc(C(N)c2ccc(Br)c(F)c2)cn1. The molecule has 1 atom stereocenters. The predicted octanol–water partition coefficient (Wildman–Crippen LogP) is 3.34. The summed E-state index contributed by atoms with van der Waals surface area (Å²) in [6, 6.07) is 8.35. The molecule has 2 nitrogen and oxygen atoms in total. The Morgan fingerprint density at radius 2 is 1.94 bits per heavy atom. The first-order valence-electron chi connectivity index (χ1n) is 5.21. The van der Waals surface area contributed by atoms with Crippen LogP contribution in [0, 0.1) is 12.7 Å². The van der Waals surface area contributed by atoms with Gasteiger partial charge in [-0.15, -0.1) is 0 Å². The molecular formula is C13H12BrFN2. The number of nitrogens with two attached hydrogens (primary N) is 1. The molecule has 2 rings (SSSR count). The van der Waals surface area contributed by atoms with E-state index in [1.165, 1.54) is 6.07 Å². The lowest BCUT2D eigenvalue weighted by atomic mass is 10.0. The van der Waals surface area contributed by atoms with Gasteiger partial charge in [0.05, 0.1) is 10.5 Å². The second-order valence-electron chi connectivity index (χ2n) is 3.88. The van der Waals surface area contributed by atoms with Crippen molar-refractivity contribution in [3.05, 3.63) is 63.6 Å². The Kier molecular flexibility index (Phi) is 3.54. The van der Waals surface area contributed by atoms with Gasteiger partial charge in [0.2, 0.25) is 0 Å². The molecule has 0 aliphatic rings. The Morgan fingerprint density at radius 1 is 1.24 bits per heavy atom. The molecule has 0 saturated heterocycles. The third-order valence-electron chi connectivity index (χ3n) is 2.60. The van der Waals surface area contributed by atoms with Crippen molar-refractivity contribution in [2.45, 2.75) is 13.0 Å². The number of hydrogen-bond donors (Lipinski definition) is 1. The molecule has 1 aromatic carbocycles. The first-order chi connectivity index (χ1) is 8.08. The van der Waals surface area contributed by atoms with Gasteiger partial charge in [-0.3, -0.25) is 4.98 Å². The minimum Gasteiger partial charge on any atom is -0.320 e. The first-order valence-corrected chi connectivity index (χ1v) is 6.00. The highest BCUT2D eigenvalue weighted by Gasteiger charge is 2.11. The molecule has 88 valence electrons. The van der Waals surface area contributed by atoms with Crippen molar-refractivity contribution in [3.8, 4) is 0 Å². The van der Waals surface area contributed by atoms with Crippen LogP contribution in [-0.4, -0.2) is 4.98 Å². The maximum Gasteiger partial charge on any atom is 0.137 e. The van der Waals surface area contributed by atoms with Crippen LogP contribution in [0.15, 0.2) is 41.0 Å². The highest BCUT2D eigenvalue weighted by molar-refractivity contribution is 9.10. The largest absolute Gasteiger partial charge is 0.320 e. The Morgan fingerprint density at radius 3 is 2.53 bits per heavy atom. The monoisotopic (exact) mass is 294 g/mol. The molecule has 17 heavy (non-hydrogen) atoms. The van der Waals surface area contributed by atoms with Crippen LogP contribution in [0.3, 0.4) is 0 Å². The summed E-state index contributed by atoms with van der Waals surface area (Å²) in [4.78, 5) is 4.18. The molecule has 1 aromatic heterocycles. The van der Waals surface area contributed by atoms with E-state index in [4.69, 9.17) is 5.73 Å². The van der Waals surface area contributed by atoms with Crippen molar-refractivity contribution < 1.29 is 4.39 Å². The molecule has 4 heteroatoms. The van der Waals surface area contributed by atoms with E-state index in [2.05, 4.69) is 20.9 Å². The topological polar surface area (TPSA) is 38.9 Å². The van der Waals surface area contributed by atoms with Crippen molar-refractivity contribution in [2.75, 3.05) is 0 Å². The normalized spacial score (nSPS) is 12.5. The fourth-order valence-corrected chi connectivity index (χ4v) is 1.81. The van der Waals surface area contributed by atoms with E-state index in [1.54, 1.807) is 18.3 Å². The van der Waals surface area contributed by atoms with E-state index in [-0.39, 0.29) is 11.9 Å². The standard InChI is InChI=1S/C13H12BrFN2/c1-8-2-3-10(7-17-8)13(16)9-4-5-11(14)12(15)6-9/h2-7,13H,16H2,1H3. The minimum absolute atomic E-state index is 0.307. The van der Waals surface area contributed by atoms with Crippen LogP contribution in [0.4, 0.5) is 4.39 Å². The van der Waals surface area contributed by atoms with Crippen LogP contribution in [0.25, 0.3) is 0 Å². The summed E-state index contributed by atoms with van der Waals surface area (Å²) in [6.07, 6.45) is 1.72. The van der Waals surface area contributed by atoms with E-state index >= 15 is 0 Å². The summed E-state index contributed by atoms with van der Waals surface area (Å²) >= 11 is 3.12. The van der Waals surface area contributed by atoms with Gasteiger partial charge in [-0.25, -0.2) is 4.39 Å². The molecule has 0 radical (unpaired) electrons. The second kappa shape index (κ2) is 4.94. The smallest absolute Gasteiger partial charge is 0.137 e. The zero-order valence-corrected chi connectivity index (χ0v) is 10.9. The lowest BCUT2D eigenvalue weighted by Crippen LogP contribution is -2.12. The molecule has 0 fully saturated rings. The summed E-state index contributed by atoms with van der Waals surface area (Å²) in [5, 5.41) is 0. The summed E-state index contributed by atoms with van der Waals surface area (Å²) in [7, 11) is 0. The summed E-state index contributed by atoms with van der Waals surface area (Å²) in [6.45, 7) is 1.91. The molecule has 1 unspecified atom stereocenters. The number of pyridine rings is 1. The third-order valence-corrected chi connectivity index (χ3v) is 3.24. The number of rotatable bonds is 2. The summed E-state index contributed by atoms with van der Waals surface area (Å²) in [5.41, 5.74) is 8.60. The van der Waals surface area contributed by atoms with Crippen LogP contribution in [0.1, 0.15) is 22.9 Å². The lowest BCUT2D eigenvalue weighted by Gasteiger charge is -2.12. The van der Waals surface area contributed by atoms with Gasteiger partial charge in [0.15, 0.2) is 0 Å². The van der Waals surface area contributed by atoms with Crippen molar-refractivity contribution in [3.63, 3.8) is 0 Å². The average Bonchev–Trinajstić information content (AvgIpc) is 2.33. The van der Waals surface area contributed by atoms with Crippen LogP contribution in [-0.2, 0) is 0 Å². The Labute approximate surface area is 108 Å². The van der Waals surface area contributed by atoms with Crippen LogP contribution < -0.4 is 5.73 Å². The predicted molar refractivity (Wildman–Crippen MR) is 69.1 cm³/mol. The van der Waals surface area contributed by atoms with Gasteiger partial charge in [-0.05, 0) is 52.2 Å². The molecule has 0 amide bonds. The van der Waals surface area contributed by atoms with Crippen molar-refractivity contribution in [1.82, 2.24) is 4.98 Å². The van der Waals surface area contributed by atoms with Crippen molar-refractivity contribution >= 4 is 15.9 Å². The molecule has 2 N–H and O–H groups in total. The molecule has 0 spiro atoms. The van der Waals surface area contributed by atoms with Gasteiger partial charge >= 0.3 is 0 Å². The number of halogens is 2. The summed E-state index contributed by atoms with van der Waals surface area (Å²) < 4.78 is 13.8. The number of nitrogens with zero attached hydrogens (tertiary/aromatic N) is 1. The molecule has 1 heterocycles. The van der Waals surface area contributed by atoms with E-state index in [1.807, 2.05) is 19.1 Å². The highest BCUT2D eigenvalue weighted by Crippen LogP contribution is 2.23. The van der Waals surface area contributed by atoms with Crippen LogP contribution >= 0.6 is 15.9 Å². The molecule has 0 aliphatic heterocycles. The quantitative estimate of drug-likeness (QED) is 0.923. The molecular weight excluding hydrogens is 283 g/mol. The molecule has 0 saturated carbocycles. The number of benzene rings is 1. The molecule has 0 aliphatic carbocycles. The second-order valence-corrected chi connectivity index (χ2v) is 4.74. The van der Waals surface area contributed by atoms with Crippen LogP contribution in [0.2, 0.25) is 0 Å². The Hall–Kier alpha value is -1.26. The molecule has 0 bridgehead atoms. The number of aryl methyl sites for hydroxylation is 1. The van der Waals surface area contributed by atoms with Gasteiger partial charge < -0.3 is 5.73 Å². The molecule has 2 aromatic rings. The van der Waals surface area contributed by atoms with Crippen molar-refractivity contribution in [2.24, 2.45) is 5.73 Å². The fraction of sp³-hybridized carbons (Fsp3) is 0.154. The first kappa shape index (κ1) is 12.2. The third kappa shape index (κ3) is 2.70. The zero-order chi connectivity index (χ0) is 12.4. The maximum atomic E-state index is 13.4. The zero-order valence-electron chi connectivity index (χ0n) is 9.32. The van der Waals surface area contributed by atoms with Crippen LogP contribution in [0.5, 0.6) is 0 Å². The summed E-state index contributed by atoms with van der Waals surface area (Å²) in [5.74, 6) is -0.307. The van der Waals surface area contributed by atoms with Gasteiger partial charge in [0.25, 0.3) is 0 Å². The fourth-order valence-electron chi connectivity index (χ4n) is 1.56. The van der Waals surface area contributed by atoms with Gasteiger partial charge in [-0.2, -0.15) is 0 Å². The average molecular weight is 295 g/mol.